The molecule has 6 rings (SSSR count). The first-order chi connectivity index (χ1) is 25.4. The Morgan fingerprint density at radius 3 is 2.31 bits per heavy atom. The lowest BCUT2D eigenvalue weighted by atomic mass is 10.0. The molecule has 3 unspecified atom stereocenters. The van der Waals surface area contributed by atoms with Crippen LogP contribution < -0.4 is 5.32 Å². The predicted molar refractivity (Wildman–Crippen MR) is 195 cm³/mol. The number of H-pyrrole nitrogens is 1. The first-order valence-corrected chi connectivity index (χ1v) is 18.3. The van der Waals surface area contributed by atoms with E-state index >= 15 is 0 Å². The highest BCUT2D eigenvalue weighted by Gasteiger charge is 2.38. The fourth-order valence-electron chi connectivity index (χ4n) is 7.20. The molecule has 1 saturated heterocycles. The summed E-state index contributed by atoms with van der Waals surface area (Å²) >= 11 is 0. The highest BCUT2D eigenvalue weighted by molar-refractivity contribution is 6.21. The quantitative estimate of drug-likeness (QED) is 0.0876. The highest BCUT2D eigenvalue weighted by Crippen LogP contribution is 2.25. The zero-order chi connectivity index (χ0) is 36.5. The number of ether oxygens (including phenoxy) is 2. The Morgan fingerprint density at radius 1 is 0.846 bits per heavy atom. The van der Waals surface area contributed by atoms with Crippen LogP contribution >= 0.6 is 0 Å². The van der Waals surface area contributed by atoms with E-state index in [1.807, 2.05) is 60.8 Å². The normalized spacial score (nSPS) is 17.2. The molecule has 0 saturated carbocycles. The average Bonchev–Trinajstić information content (AvgIpc) is 3.62. The number of nitrogens with one attached hydrogen (secondary N) is 2. The molecule has 11 nitrogen and oxygen atoms in total. The molecule has 2 aliphatic rings. The van der Waals surface area contributed by atoms with E-state index in [2.05, 4.69) is 10.3 Å². The van der Waals surface area contributed by atoms with Gasteiger partial charge in [0.15, 0.2) is 0 Å². The molecular weight excluding hydrogens is 660 g/mol. The summed E-state index contributed by atoms with van der Waals surface area (Å²) in [7, 11) is 0. The van der Waals surface area contributed by atoms with E-state index in [-0.39, 0.29) is 43.9 Å². The first-order valence-electron chi connectivity index (χ1n) is 18.3. The molecule has 1 aromatic heterocycles. The van der Waals surface area contributed by atoms with Crippen molar-refractivity contribution in [2.75, 3.05) is 19.7 Å². The Balaban J connectivity index is 1.15. The maximum Gasteiger partial charge on any atom is 0.329 e. The number of carbonyl (C=O) groups is 5. The number of benzene rings is 3. The second-order valence-corrected chi connectivity index (χ2v) is 13.4. The van der Waals surface area contributed by atoms with E-state index in [4.69, 9.17) is 9.47 Å². The third kappa shape index (κ3) is 8.42. The number of carbonyl (C=O) groups excluding carboxylic acids is 5. The van der Waals surface area contributed by atoms with Gasteiger partial charge in [0, 0.05) is 30.2 Å². The molecule has 52 heavy (non-hydrogen) atoms. The SMILES string of the molecule is CCOC(=O)C(CCc1c[nH]c2ccccc12)NC1CCCCN(C(CCCCN2C(=O)c3ccccc3C2=O)C(=O)OCc2ccccc2)C1=O. The van der Waals surface area contributed by atoms with Gasteiger partial charge >= 0.3 is 11.9 Å². The third-order valence-electron chi connectivity index (χ3n) is 9.93. The molecule has 0 bridgehead atoms. The van der Waals surface area contributed by atoms with E-state index < -0.39 is 30.1 Å². The Labute approximate surface area is 303 Å². The van der Waals surface area contributed by atoms with E-state index in [1.54, 1.807) is 36.1 Å². The lowest BCUT2D eigenvalue weighted by molar-refractivity contribution is -0.157. The van der Waals surface area contributed by atoms with Crippen LogP contribution in [-0.4, -0.2) is 82.3 Å². The number of aromatic nitrogens is 1. The number of aryl methyl sites for hydroxylation is 1. The molecule has 272 valence electrons. The second kappa shape index (κ2) is 17.3. The molecule has 0 spiro atoms. The Hall–Kier alpha value is -5.29. The van der Waals surface area contributed by atoms with Crippen molar-refractivity contribution in [1.29, 1.82) is 0 Å². The average molecular weight is 707 g/mol. The summed E-state index contributed by atoms with van der Waals surface area (Å²) in [6.45, 7) is 2.60. The van der Waals surface area contributed by atoms with Gasteiger partial charge < -0.3 is 19.4 Å². The lowest BCUT2D eigenvalue weighted by Crippen LogP contribution is -2.55. The smallest absolute Gasteiger partial charge is 0.329 e. The Morgan fingerprint density at radius 2 is 1.56 bits per heavy atom. The molecule has 1 fully saturated rings. The van der Waals surface area contributed by atoms with Crippen LogP contribution in [0.3, 0.4) is 0 Å². The maximum absolute atomic E-state index is 14.3. The van der Waals surface area contributed by atoms with Crippen LogP contribution in [0.5, 0.6) is 0 Å². The maximum atomic E-state index is 14.3. The molecule has 3 atom stereocenters. The van der Waals surface area contributed by atoms with Crippen LogP contribution in [0.15, 0.2) is 85.1 Å². The van der Waals surface area contributed by atoms with Gasteiger partial charge in [-0.25, -0.2) is 4.79 Å². The standard InChI is InChI=1S/C41H46N4O7/c1-2-51-40(49)35(23-22-29-26-42-33-19-9-8-16-30(29)33)43-34-20-10-12-24-44(39(34)48)36(41(50)52-27-28-14-4-3-5-15-28)21-11-13-25-45-37(46)31-17-6-7-18-32(31)38(45)47/h3-9,14-19,26,34-36,42-43H,2,10-13,20-25,27H2,1H3. The number of rotatable bonds is 16. The predicted octanol–water partition coefficient (Wildman–Crippen LogP) is 5.58. The molecule has 4 aromatic rings. The van der Waals surface area contributed by atoms with Crippen molar-refractivity contribution in [1.82, 2.24) is 20.1 Å². The van der Waals surface area contributed by atoms with Gasteiger partial charge in [0.1, 0.15) is 18.7 Å². The summed E-state index contributed by atoms with van der Waals surface area (Å²) in [6.07, 6.45) is 6.08. The number of aromatic amines is 1. The molecule has 11 heteroatoms. The Bertz CT molecular complexity index is 1860. The van der Waals surface area contributed by atoms with Gasteiger partial charge in [0.25, 0.3) is 11.8 Å². The number of unbranched alkanes of at least 4 members (excludes halogenated alkanes) is 1. The summed E-state index contributed by atoms with van der Waals surface area (Å²) in [4.78, 5) is 73.3. The zero-order valence-electron chi connectivity index (χ0n) is 29.6. The van der Waals surface area contributed by atoms with Gasteiger partial charge in [0.05, 0.1) is 23.8 Å². The number of amides is 3. The van der Waals surface area contributed by atoms with E-state index in [0.29, 0.717) is 56.2 Å². The number of likely N-dealkylation sites (tertiary alicyclic amines) is 1. The number of para-hydroxylation sites is 1. The van der Waals surface area contributed by atoms with Crippen molar-refractivity contribution in [3.8, 4) is 0 Å². The number of esters is 2. The van der Waals surface area contributed by atoms with Gasteiger partial charge in [0.2, 0.25) is 5.91 Å². The van der Waals surface area contributed by atoms with Crippen molar-refractivity contribution in [2.45, 2.75) is 83.0 Å². The topological polar surface area (TPSA) is 138 Å². The molecule has 2 aliphatic heterocycles. The lowest BCUT2D eigenvalue weighted by Gasteiger charge is -2.32. The van der Waals surface area contributed by atoms with Crippen LogP contribution in [0.1, 0.15) is 83.7 Å². The molecule has 3 heterocycles. The molecular formula is C41H46N4O7. The number of hydrogen-bond acceptors (Lipinski definition) is 8. The monoisotopic (exact) mass is 706 g/mol. The van der Waals surface area contributed by atoms with Crippen LogP contribution in [0, 0.1) is 0 Å². The van der Waals surface area contributed by atoms with E-state index in [0.717, 1.165) is 28.5 Å². The van der Waals surface area contributed by atoms with Crippen molar-refractivity contribution >= 4 is 40.6 Å². The van der Waals surface area contributed by atoms with Crippen LogP contribution in [0.2, 0.25) is 0 Å². The fourth-order valence-corrected chi connectivity index (χ4v) is 7.20. The fraction of sp³-hybridized carbons (Fsp3) is 0.390. The minimum Gasteiger partial charge on any atom is -0.465 e. The van der Waals surface area contributed by atoms with Gasteiger partial charge in [-0.1, -0.05) is 60.7 Å². The number of fused-ring (bicyclic) bond motifs is 2. The minimum absolute atomic E-state index is 0.0632. The summed E-state index contributed by atoms with van der Waals surface area (Å²) in [5, 5.41) is 4.42. The first kappa shape index (κ1) is 36.5. The van der Waals surface area contributed by atoms with Gasteiger partial charge in [-0.15, -0.1) is 0 Å². The summed E-state index contributed by atoms with van der Waals surface area (Å²) in [5.74, 6) is -1.84. The Kier molecular flexibility index (Phi) is 12.1. The summed E-state index contributed by atoms with van der Waals surface area (Å²) < 4.78 is 11.2. The molecule has 3 aromatic carbocycles. The molecule has 2 N–H and O–H groups in total. The zero-order valence-corrected chi connectivity index (χ0v) is 29.6. The third-order valence-corrected chi connectivity index (χ3v) is 9.93. The molecule has 0 radical (unpaired) electrons. The number of imide groups is 1. The van der Waals surface area contributed by atoms with Crippen LogP contribution in [0.4, 0.5) is 0 Å². The van der Waals surface area contributed by atoms with Crippen molar-refractivity contribution in [3.05, 3.63) is 107 Å². The minimum atomic E-state index is -0.881. The van der Waals surface area contributed by atoms with E-state index in [1.165, 1.54) is 4.90 Å². The highest BCUT2D eigenvalue weighted by atomic mass is 16.5. The van der Waals surface area contributed by atoms with Crippen LogP contribution in [-0.2, 0) is 36.9 Å². The number of nitrogens with zero attached hydrogens (tertiary/aromatic N) is 2. The van der Waals surface area contributed by atoms with Crippen molar-refractivity contribution in [2.24, 2.45) is 0 Å². The van der Waals surface area contributed by atoms with E-state index in [9.17, 15) is 24.0 Å². The molecule has 3 amide bonds. The van der Waals surface area contributed by atoms with Crippen molar-refractivity contribution < 1.29 is 33.4 Å². The molecule has 0 aliphatic carbocycles. The summed E-state index contributed by atoms with van der Waals surface area (Å²) in [5.41, 5.74) is 3.70. The summed E-state index contributed by atoms with van der Waals surface area (Å²) in [6, 6.07) is 21.8. The van der Waals surface area contributed by atoms with Gasteiger partial charge in [-0.05, 0) is 87.6 Å². The van der Waals surface area contributed by atoms with Gasteiger partial charge in [-0.2, -0.15) is 0 Å². The largest absolute Gasteiger partial charge is 0.465 e. The second-order valence-electron chi connectivity index (χ2n) is 13.4. The van der Waals surface area contributed by atoms with Crippen molar-refractivity contribution in [3.63, 3.8) is 0 Å². The van der Waals surface area contributed by atoms with Crippen LogP contribution in [0.25, 0.3) is 10.9 Å². The number of hydrogen-bond donors (Lipinski definition) is 2. The van der Waals surface area contributed by atoms with Gasteiger partial charge in [-0.3, -0.25) is 29.4 Å².